The van der Waals surface area contributed by atoms with Crippen molar-refractivity contribution in [2.24, 2.45) is 0 Å². The lowest BCUT2D eigenvalue weighted by Crippen LogP contribution is -2.38. The molecule has 1 atom stereocenters. The molecular weight excluding hydrogens is 270 g/mol. The van der Waals surface area contributed by atoms with Gasteiger partial charge >= 0.3 is 0 Å². The van der Waals surface area contributed by atoms with E-state index in [9.17, 15) is 19.5 Å². The van der Waals surface area contributed by atoms with Crippen molar-refractivity contribution in [1.29, 1.82) is 0 Å². The maximum absolute atomic E-state index is 11.4. The first-order valence-corrected chi connectivity index (χ1v) is 7.22. The molecule has 0 unspecified atom stereocenters. The molecule has 0 aromatic heterocycles. The number of hydrogen-bond donors (Lipinski definition) is 3. The monoisotopic (exact) mass is 289 g/mol. The Morgan fingerprint density at radius 1 is 1.42 bits per heavy atom. The fourth-order valence-corrected chi connectivity index (χ4v) is 2.35. The lowest BCUT2D eigenvalue weighted by atomic mass is 10.3. The molecule has 0 aromatic carbocycles. The molecular formula is C11H19N3O4S. The Balaban J connectivity index is 2.07. The van der Waals surface area contributed by atoms with E-state index in [2.05, 4.69) is 10.6 Å². The number of rotatable bonds is 7. The van der Waals surface area contributed by atoms with E-state index in [0.29, 0.717) is 26.1 Å². The van der Waals surface area contributed by atoms with Gasteiger partial charge in [0.05, 0.1) is 11.5 Å². The maximum Gasteiger partial charge on any atom is 0.251 e. The third kappa shape index (κ3) is 5.48. The zero-order valence-corrected chi connectivity index (χ0v) is 11.7. The van der Waals surface area contributed by atoms with Crippen LogP contribution in [0.3, 0.4) is 0 Å². The Bertz CT molecular complexity index is 351. The number of likely N-dealkylation sites (tertiary alicyclic amines) is 1. The lowest BCUT2D eigenvalue weighted by molar-refractivity contribution is -0.134. The summed E-state index contributed by atoms with van der Waals surface area (Å²) < 4.78 is 0. The highest BCUT2D eigenvalue weighted by atomic mass is 32.2. The summed E-state index contributed by atoms with van der Waals surface area (Å²) in [6.45, 7) is 1.29. The second-order valence-corrected chi connectivity index (χ2v) is 5.13. The molecule has 3 N–H and O–H groups in total. The molecule has 1 rings (SSSR count). The quantitative estimate of drug-likeness (QED) is 0.512. The molecule has 0 bridgehead atoms. The molecule has 0 saturated carbocycles. The Morgan fingerprint density at radius 3 is 2.68 bits per heavy atom. The SMILES string of the molecule is CNC(=O)CSCC(=O)NCCN1CC[C@@H](O)C1=O. The summed E-state index contributed by atoms with van der Waals surface area (Å²) >= 11 is 1.23. The molecule has 0 radical (unpaired) electrons. The van der Waals surface area contributed by atoms with Crippen LogP contribution >= 0.6 is 11.8 Å². The predicted octanol–water partition coefficient (Wildman–Crippen LogP) is -1.82. The highest BCUT2D eigenvalue weighted by molar-refractivity contribution is 8.00. The van der Waals surface area contributed by atoms with Gasteiger partial charge in [-0.3, -0.25) is 14.4 Å². The van der Waals surface area contributed by atoms with E-state index in [0.717, 1.165) is 0 Å². The van der Waals surface area contributed by atoms with Crippen molar-refractivity contribution >= 4 is 29.5 Å². The van der Waals surface area contributed by atoms with Gasteiger partial charge in [-0.1, -0.05) is 0 Å². The Kier molecular flexibility index (Phi) is 6.65. The van der Waals surface area contributed by atoms with Crippen molar-refractivity contribution in [3.63, 3.8) is 0 Å². The largest absolute Gasteiger partial charge is 0.383 e. The van der Waals surface area contributed by atoms with Gasteiger partial charge in [-0.25, -0.2) is 0 Å². The summed E-state index contributed by atoms with van der Waals surface area (Å²) in [6, 6.07) is 0. The number of carbonyl (C=O) groups excluding carboxylic acids is 3. The van der Waals surface area contributed by atoms with Gasteiger partial charge in [0.25, 0.3) is 5.91 Å². The Labute approximate surface area is 116 Å². The minimum absolute atomic E-state index is 0.116. The van der Waals surface area contributed by atoms with Gasteiger partial charge in [0, 0.05) is 26.7 Å². The molecule has 0 spiro atoms. The zero-order valence-electron chi connectivity index (χ0n) is 10.8. The average molecular weight is 289 g/mol. The fraction of sp³-hybridized carbons (Fsp3) is 0.727. The van der Waals surface area contributed by atoms with Crippen LogP contribution in [0.4, 0.5) is 0 Å². The number of hydrogen-bond acceptors (Lipinski definition) is 5. The van der Waals surface area contributed by atoms with Crippen molar-refractivity contribution in [3.8, 4) is 0 Å². The lowest BCUT2D eigenvalue weighted by Gasteiger charge is -2.15. The molecule has 8 heteroatoms. The molecule has 19 heavy (non-hydrogen) atoms. The molecule has 1 aliphatic rings. The Hall–Kier alpha value is -1.28. The highest BCUT2D eigenvalue weighted by Crippen LogP contribution is 2.09. The van der Waals surface area contributed by atoms with Crippen molar-refractivity contribution in [1.82, 2.24) is 15.5 Å². The molecule has 1 saturated heterocycles. The summed E-state index contributed by atoms with van der Waals surface area (Å²) in [5.74, 6) is -0.0937. The summed E-state index contributed by atoms with van der Waals surface area (Å²) in [4.78, 5) is 35.2. The molecule has 1 fully saturated rings. The minimum Gasteiger partial charge on any atom is -0.383 e. The summed E-state index contributed by atoms with van der Waals surface area (Å²) in [7, 11) is 1.55. The number of amides is 3. The van der Waals surface area contributed by atoms with Crippen LogP contribution in [0.25, 0.3) is 0 Å². The molecule has 0 aliphatic carbocycles. The van der Waals surface area contributed by atoms with Gasteiger partial charge in [-0.2, -0.15) is 0 Å². The third-order valence-electron chi connectivity index (χ3n) is 2.72. The van der Waals surface area contributed by atoms with Crippen LogP contribution in [0.2, 0.25) is 0 Å². The van der Waals surface area contributed by atoms with E-state index < -0.39 is 6.10 Å². The highest BCUT2D eigenvalue weighted by Gasteiger charge is 2.28. The molecule has 3 amide bonds. The fourth-order valence-electron chi connectivity index (χ4n) is 1.63. The zero-order chi connectivity index (χ0) is 14.3. The van der Waals surface area contributed by atoms with Crippen LogP contribution in [0, 0.1) is 0 Å². The maximum atomic E-state index is 11.4. The van der Waals surface area contributed by atoms with Crippen LogP contribution in [0.15, 0.2) is 0 Å². The second-order valence-electron chi connectivity index (χ2n) is 4.15. The van der Waals surface area contributed by atoms with Crippen LogP contribution in [0.1, 0.15) is 6.42 Å². The van der Waals surface area contributed by atoms with E-state index in [4.69, 9.17) is 0 Å². The molecule has 1 heterocycles. The second kappa shape index (κ2) is 8.00. The van der Waals surface area contributed by atoms with E-state index in [1.807, 2.05) is 0 Å². The van der Waals surface area contributed by atoms with Crippen molar-refractivity contribution < 1.29 is 19.5 Å². The predicted molar refractivity (Wildman–Crippen MR) is 71.6 cm³/mol. The number of thioether (sulfide) groups is 1. The van der Waals surface area contributed by atoms with Crippen LogP contribution in [0.5, 0.6) is 0 Å². The first kappa shape index (κ1) is 15.8. The summed E-state index contributed by atoms with van der Waals surface area (Å²) in [5, 5.41) is 14.4. The first-order valence-electron chi connectivity index (χ1n) is 6.06. The van der Waals surface area contributed by atoms with Crippen molar-refractivity contribution in [3.05, 3.63) is 0 Å². The first-order chi connectivity index (χ1) is 9.04. The number of carbonyl (C=O) groups is 3. The van der Waals surface area contributed by atoms with Crippen LogP contribution < -0.4 is 10.6 Å². The van der Waals surface area contributed by atoms with E-state index >= 15 is 0 Å². The molecule has 7 nitrogen and oxygen atoms in total. The van der Waals surface area contributed by atoms with Gasteiger partial charge < -0.3 is 20.6 Å². The van der Waals surface area contributed by atoms with Gasteiger partial charge in [-0.05, 0) is 6.42 Å². The number of nitrogens with one attached hydrogen (secondary N) is 2. The normalized spacial score (nSPS) is 18.5. The van der Waals surface area contributed by atoms with Crippen molar-refractivity contribution in [2.45, 2.75) is 12.5 Å². The van der Waals surface area contributed by atoms with E-state index in [1.165, 1.54) is 16.7 Å². The molecule has 1 aliphatic heterocycles. The topological polar surface area (TPSA) is 98.7 Å². The summed E-state index contributed by atoms with van der Waals surface area (Å²) in [5.41, 5.74) is 0. The van der Waals surface area contributed by atoms with Gasteiger partial charge in [0.2, 0.25) is 11.8 Å². The minimum atomic E-state index is -0.890. The summed E-state index contributed by atoms with van der Waals surface area (Å²) in [6.07, 6.45) is -0.437. The van der Waals surface area contributed by atoms with Gasteiger partial charge in [-0.15, -0.1) is 11.8 Å². The Morgan fingerprint density at radius 2 is 2.11 bits per heavy atom. The number of aliphatic hydroxyl groups is 1. The smallest absolute Gasteiger partial charge is 0.251 e. The van der Waals surface area contributed by atoms with Crippen molar-refractivity contribution in [2.75, 3.05) is 38.2 Å². The number of aliphatic hydroxyl groups excluding tert-OH is 1. The third-order valence-corrected chi connectivity index (χ3v) is 3.65. The van der Waals surface area contributed by atoms with Crippen LogP contribution in [-0.2, 0) is 14.4 Å². The standard InChI is InChI=1S/C11H19N3O4S/c1-12-9(16)6-19-7-10(17)13-3-5-14-4-2-8(15)11(14)18/h8,15H,2-7H2,1H3,(H,12,16)(H,13,17)/t8-/m1/s1. The van der Waals surface area contributed by atoms with Gasteiger partial charge in [0.15, 0.2) is 0 Å². The molecule has 108 valence electrons. The van der Waals surface area contributed by atoms with E-state index in [-0.39, 0.29) is 29.2 Å². The van der Waals surface area contributed by atoms with Gasteiger partial charge in [0.1, 0.15) is 6.10 Å². The van der Waals surface area contributed by atoms with Crippen LogP contribution in [-0.4, -0.2) is 72.0 Å². The van der Waals surface area contributed by atoms with E-state index in [1.54, 1.807) is 7.05 Å². The average Bonchev–Trinajstić information content (AvgIpc) is 2.70. The molecule has 0 aromatic rings. The number of nitrogens with zero attached hydrogens (tertiary/aromatic N) is 1.